The number of hydrogen-bond donors (Lipinski definition) is 4. The molecular weight excluding hydrogens is 368 g/mol. The molecule has 4 rings (SSSR count). The quantitative estimate of drug-likeness (QED) is 0.381. The van der Waals surface area contributed by atoms with Gasteiger partial charge in [0.05, 0.1) is 0 Å². The maximum absolute atomic E-state index is 9.00. The zero-order valence-electron chi connectivity index (χ0n) is 15.5. The SMILES string of the molecule is Nc1nc(Nc2ccc(CCO)cc2)nn1-c1cc(Nc2ccccc2)ncn1. The number of aliphatic hydroxyl groups is 1. The molecule has 0 unspecified atom stereocenters. The van der Waals surface area contributed by atoms with Crippen LogP contribution < -0.4 is 16.4 Å². The fourth-order valence-corrected chi connectivity index (χ4v) is 2.76. The lowest BCUT2D eigenvalue weighted by Gasteiger charge is -2.07. The van der Waals surface area contributed by atoms with Gasteiger partial charge in [-0.3, -0.25) is 0 Å². The molecule has 0 bridgehead atoms. The minimum Gasteiger partial charge on any atom is -0.396 e. The minimum absolute atomic E-state index is 0.120. The summed E-state index contributed by atoms with van der Waals surface area (Å²) in [5.41, 5.74) is 8.82. The van der Waals surface area contributed by atoms with Gasteiger partial charge in [-0.2, -0.15) is 9.67 Å². The maximum atomic E-state index is 9.00. The van der Waals surface area contributed by atoms with E-state index in [4.69, 9.17) is 10.8 Å². The Morgan fingerprint density at radius 1 is 0.931 bits per heavy atom. The molecule has 0 radical (unpaired) electrons. The van der Waals surface area contributed by atoms with Crippen molar-refractivity contribution >= 4 is 29.1 Å². The topological polar surface area (TPSA) is 127 Å². The van der Waals surface area contributed by atoms with E-state index in [0.29, 0.717) is 24.0 Å². The summed E-state index contributed by atoms with van der Waals surface area (Å²) in [7, 11) is 0. The van der Waals surface area contributed by atoms with Crippen molar-refractivity contribution in [2.24, 2.45) is 0 Å². The van der Waals surface area contributed by atoms with Crippen molar-refractivity contribution in [3.63, 3.8) is 0 Å². The van der Waals surface area contributed by atoms with E-state index in [-0.39, 0.29) is 12.6 Å². The molecule has 5 N–H and O–H groups in total. The van der Waals surface area contributed by atoms with Gasteiger partial charge in [0.25, 0.3) is 0 Å². The number of nitrogens with one attached hydrogen (secondary N) is 2. The van der Waals surface area contributed by atoms with Crippen LogP contribution in [0.15, 0.2) is 67.0 Å². The van der Waals surface area contributed by atoms with Gasteiger partial charge in [-0.15, -0.1) is 5.10 Å². The van der Waals surface area contributed by atoms with Crippen LogP contribution in [-0.2, 0) is 6.42 Å². The van der Waals surface area contributed by atoms with Gasteiger partial charge < -0.3 is 21.5 Å². The van der Waals surface area contributed by atoms with Gasteiger partial charge in [-0.1, -0.05) is 30.3 Å². The van der Waals surface area contributed by atoms with Crippen LogP contribution in [0.3, 0.4) is 0 Å². The summed E-state index contributed by atoms with van der Waals surface area (Å²) in [6.07, 6.45) is 2.06. The highest BCUT2D eigenvalue weighted by Gasteiger charge is 2.11. The van der Waals surface area contributed by atoms with Crippen molar-refractivity contribution in [2.75, 3.05) is 23.0 Å². The second-order valence-electron chi connectivity index (χ2n) is 6.25. The summed E-state index contributed by atoms with van der Waals surface area (Å²) >= 11 is 0. The monoisotopic (exact) mass is 388 g/mol. The smallest absolute Gasteiger partial charge is 0.248 e. The largest absolute Gasteiger partial charge is 0.396 e. The predicted molar refractivity (Wildman–Crippen MR) is 112 cm³/mol. The van der Waals surface area contributed by atoms with Crippen LogP contribution in [0.4, 0.5) is 29.1 Å². The number of para-hydroxylation sites is 1. The van der Waals surface area contributed by atoms with Crippen molar-refractivity contribution in [2.45, 2.75) is 6.42 Å². The molecule has 29 heavy (non-hydrogen) atoms. The zero-order valence-corrected chi connectivity index (χ0v) is 15.5. The van der Waals surface area contributed by atoms with E-state index in [0.717, 1.165) is 16.9 Å². The number of aliphatic hydroxyl groups excluding tert-OH is 1. The molecule has 0 aliphatic carbocycles. The van der Waals surface area contributed by atoms with Crippen molar-refractivity contribution in [3.8, 4) is 5.82 Å². The lowest BCUT2D eigenvalue weighted by Crippen LogP contribution is -2.06. The molecule has 0 fully saturated rings. The van der Waals surface area contributed by atoms with Crippen molar-refractivity contribution in [3.05, 3.63) is 72.6 Å². The Morgan fingerprint density at radius 2 is 1.69 bits per heavy atom. The Kier molecular flexibility index (Phi) is 5.30. The predicted octanol–water partition coefficient (Wildman–Crippen LogP) is 2.66. The first-order chi connectivity index (χ1) is 14.2. The Balaban J connectivity index is 1.52. The van der Waals surface area contributed by atoms with Gasteiger partial charge in [0, 0.05) is 24.0 Å². The first-order valence-electron chi connectivity index (χ1n) is 9.05. The van der Waals surface area contributed by atoms with Crippen LogP contribution in [0.1, 0.15) is 5.56 Å². The lowest BCUT2D eigenvalue weighted by atomic mass is 10.1. The Bertz CT molecular complexity index is 1080. The second-order valence-corrected chi connectivity index (χ2v) is 6.25. The number of anilines is 5. The number of rotatable bonds is 7. The van der Waals surface area contributed by atoms with Gasteiger partial charge in [-0.25, -0.2) is 9.97 Å². The lowest BCUT2D eigenvalue weighted by molar-refractivity contribution is 0.299. The summed E-state index contributed by atoms with van der Waals surface area (Å²) in [5, 5.41) is 19.7. The summed E-state index contributed by atoms with van der Waals surface area (Å²) in [5.74, 6) is 1.67. The van der Waals surface area contributed by atoms with Gasteiger partial charge in [0.2, 0.25) is 11.9 Å². The Morgan fingerprint density at radius 3 is 2.45 bits per heavy atom. The van der Waals surface area contributed by atoms with Crippen LogP contribution in [0.5, 0.6) is 0 Å². The van der Waals surface area contributed by atoms with E-state index in [1.165, 1.54) is 11.0 Å². The highest BCUT2D eigenvalue weighted by molar-refractivity contribution is 5.58. The fraction of sp³-hybridized carbons (Fsp3) is 0.100. The van der Waals surface area contributed by atoms with Crippen molar-refractivity contribution in [1.82, 2.24) is 24.7 Å². The van der Waals surface area contributed by atoms with E-state index in [2.05, 4.69) is 30.7 Å². The molecule has 9 heteroatoms. The highest BCUT2D eigenvalue weighted by atomic mass is 16.2. The molecular formula is C20H20N8O. The Hall–Kier alpha value is -3.98. The number of nitrogen functional groups attached to an aromatic ring is 1. The van der Waals surface area contributed by atoms with E-state index in [1.54, 1.807) is 6.07 Å². The summed E-state index contributed by atoms with van der Waals surface area (Å²) in [4.78, 5) is 12.7. The van der Waals surface area contributed by atoms with E-state index < -0.39 is 0 Å². The third kappa shape index (κ3) is 4.47. The zero-order chi connectivity index (χ0) is 20.1. The summed E-state index contributed by atoms with van der Waals surface area (Å²) in [6, 6.07) is 19.1. The molecule has 4 aromatic rings. The molecule has 0 aliphatic heterocycles. The highest BCUT2D eigenvalue weighted by Crippen LogP contribution is 2.19. The first kappa shape index (κ1) is 18.4. The number of nitrogens with zero attached hydrogens (tertiary/aromatic N) is 5. The average Bonchev–Trinajstić information content (AvgIpc) is 3.11. The minimum atomic E-state index is 0.120. The van der Waals surface area contributed by atoms with Crippen molar-refractivity contribution < 1.29 is 5.11 Å². The van der Waals surface area contributed by atoms with Gasteiger partial charge in [0.15, 0.2) is 5.82 Å². The third-order valence-corrected chi connectivity index (χ3v) is 4.16. The van der Waals surface area contributed by atoms with Crippen LogP contribution >= 0.6 is 0 Å². The van der Waals surface area contributed by atoms with E-state index >= 15 is 0 Å². The van der Waals surface area contributed by atoms with Crippen LogP contribution in [0, 0.1) is 0 Å². The van der Waals surface area contributed by atoms with E-state index in [1.807, 2.05) is 54.6 Å². The molecule has 2 aromatic carbocycles. The molecule has 146 valence electrons. The standard InChI is InChI=1S/C20H20N8O/c21-19-26-20(25-16-8-6-14(7-9-16)10-11-29)27-28(19)18-12-17(22-13-23-18)24-15-4-2-1-3-5-15/h1-9,12-13,29H,10-11H2,(H,22,23,24)(H3,21,25,26,27). The van der Waals surface area contributed by atoms with Gasteiger partial charge >= 0.3 is 0 Å². The molecule has 0 amide bonds. The molecule has 2 aromatic heterocycles. The summed E-state index contributed by atoms with van der Waals surface area (Å²) in [6.45, 7) is 0.120. The molecule has 0 atom stereocenters. The molecule has 9 nitrogen and oxygen atoms in total. The average molecular weight is 388 g/mol. The third-order valence-electron chi connectivity index (χ3n) is 4.16. The molecule has 0 saturated heterocycles. The number of aromatic nitrogens is 5. The molecule has 2 heterocycles. The van der Waals surface area contributed by atoms with Crippen LogP contribution in [0.25, 0.3) is 5.82 Å². The maximum Gasteiger partial charge on any atom is 0.248 e. The number of hydrogen-bond acceptors (Lipinski definition) is 8. The summed E-state index contributed by atoms with van der Waals surface area (Å²) < 4.78 is 1.44. The first-order valence-corrected chi connectivity index (χ1v) is 9.05. The second kappa shape index (κ2) is 8.36. The molecule has 0 spiro atoms. The molecule has 0 aliphatic rings. The number of benzene rings is 2. The number of nitrogens with two attached hydrogens (primary N) is 1. The Labute approximate surface area is 167 Å². The molecule has 0 saturated carbocycles. The van der Waals surface area contributed by atoms with Gasteiger partial charge in [0.1, 0.15) is 12.1 Å². The van der Waals surface area contributed by atoms with Crippen LogP contribution in [0.2, 0.25) is 0 Å². The normalized spacial score (nSPS) is 10.7. The van der Waals surface area contributed by atoms with Crippen molar-refractivity contribution in [1.29, 1.82) is 0 Å². The van der Waals surface area contributed by atoms with Crippen LogP contribution in [-0.4, -0.2) is 36.4 Å². The van der Waals surface area contributed by atoms with E-state index in [9.17, 15) is 0 Å². The fourth-order valence-electron chi connectivity index (χ4n) is 2.76. The van der Waals surface area contributed by atoms with Gasteiger partial charge in [-0.05, 0) is 36.2 Å².